The highest BCUT2D eigenvalue weighted by Gasteiger charge is 2.26. The molecule has 7 rings (SSSR count). The number of nitrogens with zero attached hydrogens (tertiary/aromatic N) is 9. The van der Waals surface area contributed by atoms with Gasteiger partial charge in [0.05, 0.1) is 11.9 Å². The summed E-state index contributed by atoms with van der Waals surface area (Å²) in [6, 6.07) is 19.4. The van der Waals surface area contributed by atoms with E-state index >= 15 is 0 Å². The fourth-order valence-electron chi connectivity index (χ4n) is 5.84. The molecule has 5 aromatic heterocycles. The van der Waals surface area contributed by atoms with Crippen LogP contribution < -0.4 is 10.6 Å². The van der Waals surface area contributed by atoms with E-state index in [0.29, 0.717) is 38.2 Å². The molecule has 2 amide bonds. The molecule has 244 valence electrons. The van der Waals surface area contributed by atoms with Crippen LogP contribution in [0.15, 0.2) is 78.4 Å². The molecular weight excluding hydrogens is 627 g/mol. The second-order valence-electron chi connectivity index (χ2n) is 11.8. The Morgan fingerprint density at radius 2 is 1.90 bits per heavy atom. The van der Waals surface area contributed by atoms with E-state index in [9.17, 15) is 9.59 Å². The zero-order valence-corrected chi connectivity index (χ0v) is 27.3. The number of rotatable bonds is 11. The highest BCUT2D eigenvalue weighted by atomic mass is 32.1. The first-order valence-corrected chi connectivity index (χ1v) is 16.9. The molecule has 1 fully saturated rings. The monoisotopic (exact) mass is 661 g/mol. The largest absolute Gasteiger partial charge is 0.380 e. The Kier molecular flexibility index (Phi) is 9.14. The van der Waals surface area contributed by atoms with E-state index in [-0.39, 0.29) is 23.4 Å². The number of carbonyl (C=O) groups is 2. The first-order valence-electron chi connectivity index (χ1n) is 16.0. The van der Waals surface area contributed by atoms with Crippen molar-refractivity contribution in [3.8, 4) is 11.3 Å². The van der Waals surface area contributed by atoms with Crippen molar-refractivity contribution in [1.82, 2.24) is 50.0 Å². The van der Waals surface area contributed by atoms with Crippen LogP contribution in [-0.2, 0) is 13.1 Å². The van der Waals surface area contributed by atoms with Gasteiger partial charge in [-0.05, 0) is 74.0 Å². The van der Waals surface area contributed by atoms with Gasteiger partial charge in [-0.1, -0.05) is 23.4 Å². The molecule has 1 saturated heterocycles. The second-order valence-corrected chi connectivity index (χ2v) is 12.8. The molecule has 0 unspecified atom stereocenters. The number of pyridine rings is 1. The minimum Gasteiger partial charge on any atom is -0.380 e. The van der Waals surface area contributed by atoms with Crippen molar-refractivity contribution in [2.24, 2.45) is 0 Å². The van der Waals surface area contributed by atoms with Crippen LogP contribution in [0, 0.1) is 6.92 Å². The van der Waals surface area contributed by atoms with Gasteiger partial charge >= 0.3 is 0 Å². The third-order valence-electron chi connectivity index (χ3n) is 8.47. The molecule has 0 atom stereocenters. The number of nitrogens with one attached hydrogen (secondary N) is 2. The molecule has 6 heterocycles. The Morgan fingerprint density at radius 1 is 1.00 bits per heavy atom. The van der Waals surface area contributed by atoms with Crippen LogP contribution in [0.5, 0.6) is 0 Å². The highest BCUT2D eigenvalue weighted by Crippen LogP contribution is 2.28. The summed E-state index contributed by atoms with van der Waals surface area (Å²) in [4.78, 5) is 33.6. The third kappa shape index (κ3) is 7.08. The van der Waals surface area contributed by atoms with Crippen molar-refractivity contribution in [3.63, 3.8) is 0 Å². The average molecular weight is 662 g/mol. The number of benzene rings is 1. The molecule has 0 spiro atoms. The topological polar surface area (TPSA) is 148 Å². The van der Waals surface area contributed by atoms with Crippen LogP contribution in [0.2, 0.25) is 0 Å². The summed E-state index contributed by atoms with van der Waals surface area (Å²) in [7, 11) is 0. The van der Waals surface area contributed by atoms with Crippen molar-refractivity contribution in [3.05, 3.63) is 106 Å². The molecule has 0 aliphatic carbocycles. The molecule has 2 N–H and O–H groups in total. The number of hydrogen-bond acceptors (Lipinski definition) is 10. The van der Waals surface area contributed by atoms with Crippen molar-refractivity contribution in [1.29, 1.82) is 0 Å². The number of thiophene rings is 1. The van der Waals surface area contributed by atoms with Crippen LogP contribution in [-0.4, -0.2) is 76.1 Å². The first kappa shape index (κ1) is 31.1. The number of fused-ring (bicyclic) bond motifs is 1. The van der Waals surface area contributed by atoms with Crippen molar-refractivity contribution in [2.45, 2.75) is 45.2 Å². The maximum Gasteiger partial charge on any atom is 0.269 e. The standard InChI is InChI=1S/C34H35N11O2S/c1-23-38-40-32-9-8-29(41-45(23)32)24-11-16-43(17-12-24)34(47)26-10-14-35-30(20-26)33(46)36-13-4-15-44-22-31(39-42-44)25-5-2-6-27(19-25)37-21-28-7-3-18-48-28/h2-3,5-10,14,18-20,22,24,37H,4,11-13,15-17,21H2,1H3,(H,36,46). The van der Waals surface area contributed by atoms with Gasteiger partial charge in [0.2, 0.25) is 0 Å². The van der Waals surface area contributed by atoms with E-state index < -0.39 is 0 Å². The smallest absolute Gasteiger partial charge is 0.269 e. The third-order valence-corrected chi connectivity index (χ3v) is 9.35. The number of amides is 2. The van der Waals surface area contributed by atoms with Crippen molar-refractivity contribution in [2.75, 3.05) is 25.0 Å². The van der Waals surface area contributed by atoms with E-state index in [2.05, 4.69) is 53.6 Å². The van der Waals surface area contributed by atoms with Crippen molar-refractivity contribution < 1.29 is 9.59 Å². The zero-order chi connectivity index (χ0) is 32.9. The molecule has 14 heteroatoms. The minimum absolute atomic E-state index is 0.103. The lowest BCUT2D eigenvalue weighted by molar-refractivity contribution is 0.0711. The summed E-state index contributed by atoms with van der Waals surface area (Å²) < 4.78 is 3.53. The Balaban J connectivity index is 0.873. The summed E-state index contributed by atoms with van der Waals surface area (Å²) >= 11 is 1.72. The highest BCUT2D eigenvalue weighted by molar-refractivity contribution is 7.09. The molecule has 1 aromatic carbocycles. The van der Waals surface area contributed by atoms with Gasteiger partial charge in [0, 0.05) is 66.5 Å². The lowest BCUT2D eigenvalue weighted by Crippen LogP contribution is -2.38. The van der Waals surface area contributed by atoms with Crippen LogP contribution in [0.4, 0.5) is 5.69 Å². The zero-order valence-electron chi connectivity index (χ0n) is 26.5. The molecule has 1 aliphatic heterocycles. The Hall–Kier alpha value is -5.50. The maximum atomic E-state index is 13.3. The lowest BCUT2D eigenvalue weighted by Gasteiger charge is -2.31. The maximum absolute atomic E-state index is 13.3. The van der Waals surface area contributed by atoms with Crippen LogP contribution in [0.3, 0.4) is 0 Å². The van der Waals surface area contributed by atoms with Gasteiger partial charge in [0.25, 0.3) is 11.8 Å². The number of anilines is 1. The summed E-state index contributed by atoms with van der Waals surface area (Å²) in [6.07, 6.45) is 5.68. The van der Waals surface area contributed by atoms with Gasteiger partial charge in [-0.3, -0.25) is 19.3 Å². The predicted octanol–water partition coefficient (Wildman–Crippen LogP) is 4.60. The van der Waals surface area contributed by atoms with E-state index in [1.165, 1.54) is 11.1 Å². The normalized spacial score (nSPS) is 13.6. The van der Waals surface area contributed by atoms with Gasteiger partial charge < -0.3 is 15.5 Å². The molecule has 1 aliphatic rings. The van der Waals surface area contributed by atoms with Gasteiger partial charge in [0.1, 0.15) is 11.4 Å². The van der Waals surface area contributed by atoms with Gasteiger partial charge in [-0.2, -0.15) is 9.61 Å². The fourth-order valence-corrected chi connectivity index (χ4v) is 6.49. The SMILES string of the molecule is Cc1nnc2ccc(C3CCN(C(=O)c4ccnc(C(=O)NCCCn5cc(-c6cccc(NCc7cccs7)c6)nn5)c4)CC3)nn12. The first-order chi connectivity index (χ1) is 23.5. The molecule has 6 aromatic rings. The van der Waals surface area contributed by atoms with E-state index in [4.69, 9.17) is 5.10 Å². The number of piperidine rings is 1. The molecule has 0 bridgehead atoms. The Bertz CT molecular complexity index is 2030. The van der Waals surface area contributed by atoms with Gasteiger partial charge in [-0.25, -0.2) is 0 Å². The predicted molar refractivity (Wildman–Crippen MR) is 182 cm³/mol. The Morgan fingerprint density at radius 3 is 2.75 bits per heavy atom. The van der Waals surface area contributed by atoms with Crippen molar-refractivity contribution >= 4 is 34.5 Å². The molecular formula is C34H35N11O2S. The lowest BCUT2D eigenvalue weighted by atomic mass is 9.93. The number of carbonyl (C=O) groups excluding carboxylic acids is 2. The number of aryl methyl sites for hydroxylation is 2. The van der Waals surface area contributed by atoms with Crippen LogP contribution >= 0.6 is 11.3 Å². The number of hydrogen-bond donors (Lipinski definition) is 2. The van der Waals surface area contributed by atoms with Gasteiger partial charge in [-0.15, -0.1) is 26.6 Å². The summed E-state index contributed by atoms with van der Waals surface area (Å²) in [5.41, 5.74) is 5.16. The number of aromatic nitrogens is 8. The van der Waals surface area contributed by atoms with E-state index in [0.717, 1.165) is 53.5 Å². The minimum atomic E-state index is -0.319. The molecule has 48 heavy (non-hydrogen) atoms. The van der Waals surface area contributed by atoms with Crippen LogP contribution in [0.25, 0.3) is 16.9 Å². The summed E-state index contributed by atoms with van der Waals surface area (Å²) in [6.45, 7) is 4.89. The van der Waals surface area contributed by atoms with Gasteiger partial charge in [0.15, 0.2) is 11.5 Å². The molecule has 13 nitrogen and oxygen atoms in total. The summed E-state index contributed by atoms with van der Waals surface area (Å²) in [5.74, 6) is 0.574. The van der Waals surface area contributed by atoms with Crippen LogP contribution in [0.1, 0.15) is 62.4 Å². The fraction of sp³-hybridized carbons (Fsp3) is 0.294. The quantitative estimate of drug-likeness (QED) is 0.190. The second kappa shape index (κ2) is 14.1. The molecule has 0 radical (unpaired) electrons. The number of likely N-dealkylation sites (tertiary alicyclic amines) is 1. The van der Waals surface area contributed by atoms with E-state index in [1.807, 2.05) is 54.4 Å². The van der Waals surface area contributed by atoms with E-state index in [1.54, 1.807) is 32.7 Å². The Labute approximate surface area is 281 Å². The summed E-state index contributed by atoms with van der Waals surface area (Å²) in [5, 5.41) is 29.9. The average Bonchev–Trinajstić information content (AvgIpc) is 3.91. The molecule has 0 saturated carbocycles.